The second kappa shape index (κ2) is 6.53. The van der Waals surface area contributed by atoms with Gasteiger partial charge in [0.15, 0.2) is 11.6 Å². The Morgan fingerprint density at radius 1 is 1.26 bits per heavy atom. The highest BCUT2D eigenvalue weighted by molar-refractivity contribution is 6.01. The molecule has 1 aliphatic heterocycles. The Hall–Kier alpha value is -3.16. The van der Waals surface area contributed by atoms with Crippen LogP contribution in [0.15, 0.2) is 30.3 Å². The fourth-order valence-electron chi connectivity index (χ4n) is 3.68. The molecular weight excluding hydrogens is 342 g/mol. The van der Waals surface area contributed by atoms with Gasteiger partial charge in [0.2, 0.25) is 0 Å². The van der Waals surface area contributed by atoms with Gasteiger partial charge in [-0.15, -0.1) is 10.2 Å². The average molecular weight is 365 g/mol. The lowest BCUT2D eigenvalue weighted by Crippen LogP contribution is -2.41. The number of anilines is 1. The normalized spacial score (nSPS) is 16.6. The van der Waals surface area contributed by atoms with Crippen molar-refractivity contribution in [1.82, 2.24) is 29.9 Å². The van der Waals surface area contributed by atoms with Gasteiger partial charge in [0, 0.05) is 12.5 Å². The van der Waals surface area contributed by atoms with Gasteiger partial charge in [-0.2, -0.15) is 5.10 Å². The topological polar surface area (TPSA) is 106 Å². The maximum atomic E-state index is 13.2. The summed E-state index contributed by atoms with van der Waals surface area (Å²) in [6.07, 6.45) is 0. The summed E-state index contributed by atoms with van der Waals surface area (Å²) < 4.78 is 2.15. The highest BCUT2D eigenvalue weighted by atomic mass is 16.2. The van der Waals surface area contributed by atoms with Crippen LogP contribution in [-0.4, -0.2) is 42.3 Å². The molecule has 1 atom stereocenters. The monoisotopic (exact) mass is 365 g/mol. The van der Waals surface area contributed by atoms with Gasteiger partial charge < -0.3 is 15.2 Å². The molecule has 8 heteroatoms. The standard InChI is InChI=1S/C19H23N7O/c1-11(2)18-24-21-14-10-25(9-12(3)26(14)18)19(27)16-15(17(20)23-22-16)13-7-5-4-6-8-13/h4-8,11-12H,9-10H2,1-3H3,(H3,20,22,23)/t12-/m0/s1. The van der Waals surface area contributed by atoms with Crippen LogP contribution >= 0.6 is 0 Å². The van der Waals surface area contributed by atoms with Crippen molar-refractivity contribution in [3.8, 4) is 11.1 Å². The maximum Gasteiger partial charge on any atom is 0.273 e. The third-order valence-corrected chi connectivity index (χ3v) is 4.92. The molecule has 1 aromatic carbocycles. The van der Waals surface area contributed by atoms with Crippen LogP contribution in [0.25, 0.3) is 11.1 Å². The number of aromatic nitrogens is 5. The third kappa shape index (κ3) is 2.87. The number of nitrogens with zero attached hydrogens (tertiary/aromatic N) is 5. The Labute approximate surface area is 157 Å². The number of amides is 1. The van der Waals surface area contributed by atoms with E-state index in [4.69, 9.17) is 5.73 Å². The van der Waals surface area contributed by atoms with Crippen LogP contribution in [0.2, 0.25) is 0 Å². The summed E-state index contributed by atoms with van der Waals surface area (Å²) in [4.78, 5) is 15.0. The second-order valence-electron chi connectivity index (χ2n) is 7.26. The van der Waals surface area contributed by atoms with E-state index in [0.29, 0.717) is 30.2 Å². The Kier molecular flexibility index (Phi) is 4.18. The molecule has 0 spiro atoms. The number of nitrogens with one attached hydrogen (secondary N) is 1. The molecule has 1 aliphatic rings. The Morgan fingerprint density at radius 2 is 2.00 bits per heavy atom. The van der Waals surface area contributed by atoms with E-state index in [9.17, 15) is 4.79 Å². The zero-order valence-corrected chi connectivity index (χ0v) is 15.7. The van der Waals surface area contributed by atoms with Crippen molar-refractivity contribution in [3.63, 3.8) is 0 Å². The second-order valence-corrected chi connectivity index (χ2v) is 7.26. The van der Waals surface area contributed by atoms with Crippen LogP contribution in [0, 0.1) is 0 Å². The summed E-state index contributed by atoms with van der Waals surface area (Å²) in [5.41, 5.74) is 7.95. The van der Waals surface area contributed by atoms with E-state index in [0.717, 1.165) is 17.2 Å². The lowest BCUT2D eigenvalue weighted by atomic mass is 10.0. The van der Waals surface area contributed by atoms with Gasteiger partial charge in [-0.1, -0.05) is 44.2 Å². The minimum atomic E-state index is -0.134. The number of benzene rings is 1. The third-order valence-electron chi connectivity index (χ3n) is 4.92. The summed E-state index contributed by atoms with van der Waals surface area (Å²) in [5.74, 6) is 2.23. The predicted molar refractivity (Wildman–Crippen MR) is 102 cm³/mol. The van der Waals surface area contributed by atoms with Crippen molar-refractivity contribution in [1.29, 1.82) is 0 Å². The largest absolute Gasteiger partial charge is 0.382 e. The van der Waals surface area contributed by atoms with Crippen LogP contribution in [0.3, 0.4) is 0 Å². The molecule has 3 aromatic rings. The van der Waals surface area contributed by atoms with E-state index in [1.807, 2.05) is 30.3 Å². The van der Waals surface area contributed by atoms with Crippen molar-refractivity contribution in [2.45, 2.75) is 39.3 Å². The minimum absolute atomic E-state index is 0.102. The summed E-state index contributed by atoms with van der Waals surface area (Å²) >= 11 is 0. The van der Waals surface area contributed by atoms with Gasteiger partial charge in [0.05, 0.1) is 18.2 Å². The smallest absolute Gasteiger partial charge is 0.273 e. The quantitative estimate of drug-likeness (QED) is 0.742. The average Bonchev–Trinajstić information content (AvgIpc) is 3.26. The first-order chi connectivity index (χ1) is 13.0. The Bertz CT molecular complexity index is 973. The molecule has 0 saturated carbocycles. The lowest BCUT2D eigenvalue weighted by molar-refractivity contribution is 0.0674. The summed E-state index contributed by atoms with van der Waals surface area (Å²) in [5, 5.41) is 15.5. The zero-order valence-electron chi connectivity index (χ0n) is 15.7. The van der Waals surface area contributed by atoms with E-state index in [1.165, 1.54) is 0 Å². The fraction of sp³-hybridized carbons (Fsp3) is 0.368. The number of carbonyl (C=O) groups is 1. The maximum absolute atomic E-state index is 13.2. The molecule has 0 radical (unpaired) electrons. The molecular formula is C19H23N7O. The molecule has 3 heterocycles. The lowest BCUT2D eigenvalue weighted by Gasteiger charge is -2.33. The first-order valence-electron chi connectivity index (χ1n) is 9.09. The molecule has 0 saturated heterocycles. The van der Waals surface area contributed by atoms with Crippen molar-refractivity contribution in [2.24, 2.45) is 0 Å². The molecule has 2 aromatic heterocycles. The number of hydrogen-bond acceptors (Lipinski definition) is 5. The number of nitrogens with two attached hydrogens (primary N) is 1. The van der Waals surface area contributed by atoms with E-state index in [1.54, 1.807) is 4.90 Å². The minimum Gasteiger partial charge on any atom is -0.382 e. The first-order valence-corrected chi connectivity index (χ1v) is 9.09. The molecule has 0 unspecified atom stereocenters. The number of fused-ring (bicyclic) bond motifs is 1. The van der Waals surface area contributed by atoms with Crippen LogP contribution in [0.1, 0.15) is 54.9 Å². The van der Waals surface area contributed by atoms with E-state index < -0.39 is 0 Å². The fourth-order valence-corrected chi connectivity index (χ4v) is 3.68. The van der Waals surface area contributed by atoms with Crippen molar-refractivity contribution < 1.29 is 4.79 Å². The molecule has 0 aliphatic carbocycles. The van der Waals surface area contributed by atoms with Crippen LogP contribution in [0.5, 0.6) is 0 Å². The van der Waals surface area contributed by atoms with Gasteiger partial charge in [-0.3, -0.25) is 9.89 Å². The number of rotatable bonds is 3. The number of aromatic amines is 1. The van der Waals surface area contributed by atoms with Crippen molar-refractivity contribution >= 4 is 11.7 Å². The van der Waals surface area contributed by atoms with E-state index in [-0.39, 0.29) is 17.9 Å². The van der Waals surface area contributed by atoms with Gasteiger partial charge in [0.1, 0.15) is 11.5 Å². The molecule has 8 nitrogen and oxygen atoms in total. The van der Waals surface area contributed by atoms with Gasteiger partial charge in [0.25, 0.3) is 5.91 Å². The Morgan fingerprint density at radius 3 is 2.70 bits per heavy atom. The number of carbonyl (C=O) groups excluding carboxylic acids is 1. The van der Waals surface area contributed by atoms with Crippen molar-refractivity contribution in [3.05, 3.63) is 47.7 Å². The molecule has 27 heavy (non-hydrogen) atoms. The number of H-pyrrole nitrogens is 1. The van der Waals surface area contributed by atoms with Gasteiger partial charge in [-0.25, -0.2) is 0 Å². The SMILES string of the molecule is CC(C)c1nnc2n1[C@@H](C)CN(C(=O)c1[nH]nc(N)c1-c1ccccc1)C2. The molecule has 1 amide bonds. The number of hydrogen-bond donors (Lipinski definition) is 2. The molecule has 0 bridgehead atoms. The first kappa shape index (κ1) is 17.3. The van der Waals surface area contributed by atoms with Gasteiger partial charge in [-0.05, 0) is 12.5 Å². The molecule has 3 N–H and O–H groups in total. The molecule has 140 valence electrons. The van der Waals surface area contributed by atoms with E-state index in [2.05, 4.69) is 45.7 Å². The van der Waals surface area contributed by atoms with E-state index >= 15 is 0 Å². The Balaban J connectivity index is 1.67. The van der Waals surface area contributed by atoms with Crippen LogP contribution in [-0.2, 0) is 6.54 Å². The van der Waals surface area contributed by atoms with Gasteiger partial charge >= 0.3 is 0 Å². The van der Waals surface area contributed by atoms with Crippen LogP contribution in [0.4, 0.5) is 5.82 Å². The summed E-state index contributed by atoms with van der Waals surface area (Å²) in [6.45, 7) is 7.27. The summed E-state index contributed by atoms with van der Waals surface area (Å²) in [7, 11) is 0. The summed E-state index contributed by atoms with van der Waals surface area (Å²) in [6, 6.07) is 9.69. The zero-order chi connectivity index (χ0) is 19.1. The number of nitrogen functional groups attached to an aromatic ring is 1. The van der Waals surface area contributed by atoms with Crippen LogP contribution < -0.4 is 5.73 Å². The highest BCUT2D eigenvalue weighted by Crippen LogP contribution is 2.31. The molecule has 0 fully saturated rings. The predicted octanol–water partition coefficient (Wildman–Crippen LogP) is 2.59. The molecule has 4 rings (SSSR count). The van der Waals surface area contributed by atoms with Crippen molar-refractivity contribution in [2.75, 3.05) is 12.3 Å². The highest BCUT2D eigenvalue weighted by Gasteiger charge is 2.32.